The monoisotopic (exact) mass is 267 g/mol. The summed E-state index contributed by atoms with van der Waals surface area (Å²) in [4.78, 5) is 15.7. The van der Waals surface area contributed by atoms with Crippen molar-refractivity contribution in [1.29, 1.82) is 0 Å². The quantitative estimate of drug-likeness (QED) is 0.788. The fourth-order valence-electron chi connectivity index (χ4n) is 1.89. The van der Waals surface area contributed by atoms with Crippen molar-refractivity contribution in [2.24, 2.45) is 0 Å². The summed E-state index contributed by atoms with van der Waals surface area (Å²) < 4.78 is 13.8. The molecule has 0 aliphatic carbocycles. The molecule has 0 saturated carbocycles. The summed E-state index contributed by atoms with van der Waals surface area (Å²) >= 11 is 0. The fourth-order valence-corrected chi connectivity index (χ4v) is 1.89. The molecule has 0 N–H and O–H groups in total. The van der Waals surface area contributed by atoms with E-state index in [2.05, 4.69) is 4.98 Å². The third kappa shape index (κ3) is 3.42. The van der Waals surface area contributed by atoms with Gasteiger partial charge in [0.1, 0.15) is 0 Å². The molecule has 0 aliphatic rings. The van der Waals surface area contributed by atoms with Crippen molar-refractivity contribution in [2.45, 2.75) is 26.5 Å². The van der Waals surface area contributed by atoms with Crippen molar-refractivity contribution in [1.82, 2.24) is 14.0 Å². The van der Waals surface area contributed by atoms with E-state index in [-0.39, 0.29) is 19.1 Å². The average molecular weight is 267 g/mol. The summed E-state index contributed by atoms with van der Waals surface area (Å²) in [5.41, 5.74) is -0.0704. The van der Waals surface area contributed by atoms with E-state index in [0.29, 0.717) is 12.4 Å². The minimum absolute atomic E-state index is 0. The lowest BCUT2D eigenvalue weighted by Gasteiger charge is -2.15. The van der Waals surface area contributed by atoms with Crippen molar-refractivity contribution < 1.29 is 9.47 Å². The molecule has 0 aromatic carbocycles. The molecule has 2 aromatic heterocycles. The fraction of sp³-hybridized carbons (Fsp3) is 0.538. The van der Waals surface area contributed by atoms with E-state index >= 15 is 0 Å². The first-order chi connectivity index (χ1) is 8.76. The molecule has 0 amide bonds. The van der Waals surface area contributed by atoms with Gasteiger partial charge in [0.15, 0.2) is 0 Å². The van der Waals surface area contributed by atoms with Crippen LogP contribution in [-0.4, -0.2) is 40.9 Å². The number of hydrogen-bond acceptors (Lipinski definition) is 4. The molecule has 2 rings (SSSR count). The van der Waals surface area contributed by atoms with E-state index in [1.165, 1.54) is 10.5 Å². The summed E-state index contributed by atoms with van der Waals surface area (Å²) in [6, 6.07) is 1.53. The van der Waals surface area contributed by atoms with Crippen LogP contribution < -0.4 is 5.56 Å². The van der Waals surface area contributed by atoms with Crippen molar-refractivity contribution in [2.75, 3.05) is 20.8 Å². The van der Waals surface area contributed by atoms with Crippen LogP contribution in [0.1, 0.15) is 13.8 Å². The lowest BCUT2D eigenvalue weighted by molar-refractivity contribution is 0.0212. The Kier molecular flexibility index (Phi) is 5.72. The van der Waals surface area contributed by atoms with E-state index in [1.807, 2.05) is 4.57 Å². The number of imidazole rings is 1. The highest BCUT2D eigenvalue weighted by atomic mass is 16.5. The van der Waals surface area contributed by atoms with Gasteiger partial charge < -0.3 is 14.0 Å². The van der Waals surface area contributed by atoms with Crippen molar-refractivity contribution in [3.05, 3.63) is 35.0 Å². The van der Waals surface area contributed by atoms with Crippen LogP contribution in [0.3, 0.4) is 0 Å². The van der Waals surface area contributed by atoms with Crippen LogP contribution in [0.25, 0.3) is 5.78 Å². The first-order valence-corrected chi connectivity index (χ1v) is 5.80. The molecule has 0 aliphatic heterocycles. The van der Waals surface area contributed by atoms with E-state index in [4.69, 9.17) is 9.47 Å². The molecule has 1 atom stereocenters. The van der Waals surface area contributed by atoms with Crippen LogP contribution in [0.2, 0.25) is 0 Å². The predicted molar refractivity (Wildman–Crippen MR) is 73.5 cm³/mol. The molecule has 6 heteroatoms. The van der Waals surface area contributed by atoms with Gasteiger partial charge in [0.05, 0.1) is 12.7 Å². The van der Waals surface area contributed by atoms with Crippen LogP contribution >= 0.6 is 0 Å². The van der Waals surface area contributed by atoms with E-state index in [1.54, 1.807) is 32.8 Å². The predicted octanol–water partition coefficient (Wildman–Crippen LogP) is 1.18. The maximum atomic E-state index is 11.6. The highest BCUT2D eigenvalue weighted by Gasteiger charge is 2.08. The van der Waals surface area contributed by atoms with Gasteiger partial charge in [-0.15, -0.1) is 0 Å². The largest absolute Gasteiger partial charge is 0.382 e. The molecule has 106 valence electrons. The highest BCUT2D eigenvalue weighted by molar-refractivity contribution is 5.28. The summed E-state index contributed by atoms with van der Waals surface area (Å²) in [6.45, 7) is 1.28. The van der Waals surface area contributed by atoms with Gasteiger partial charge in [-0.1, -0.05) is 7.43 Å². The van der Waals surface area contributed by atoms with Gasteiger partial charge >= 0.3 is 0 Å². The SMILES string of the molecule is C.COCC(CCn1ccc(=O)n2ccnc12)OC. The Morgan fingerprint density at radius 3 is 2.84 bits per heavy atom. The van der Waals surface area contributed by atoms with Crippen LogP contribution in [0.15, 0.2) is 29.5 Å². The zero-order valence-electron chi connectivity index (χ0n) is 10.6. The van der Waals surface area contributed by atoms with E-state index in [0.717, 1.165) is 13.0 Å². The van der Waals surface area contributed by atoms with Crippen LogP contribution in [-0.2, 0) is 16.0 Å². The van der Waals surface area contributed by atoms with E-state index < -0.39 is 0 Å². The van der Waals surface area contributed by atoms with Gasteiger partial charge in [-0.25, -0.2) is 4.98 Å². The summed E-state index contributed by atoms with van der Waals surface area (Å²) in [5, 5.41) is 0. The van der Waals surface area contributed by atoms with Gasteiger partial charge in [0.2, 0.25) is 5.78 Å². The number of fused-ring (bicyclic) bond motifs is 1. The second kappa shape index (κ2) is 7.06. The third-order valence-corrected chi connectivity index (χ3v) is 2.89. The van der Waals surface area contributed by atoms with Crippen molar-refractivity contribution in [3.63, 3.8) is 0 Å². The third-order valence-electron chi connectivity index (χ3n) is 2.89. The van der Waals surface area contributed by atoms with Crippen LogP contribution in [0.5, 0.6) is 0 Å². The first kappa shape index (κ1) is 15.4. The Hall–Kier alpha value is -1.66. The van der Waals surface area contributed by atoms with Gasteiger partial charge in [0, 0.05) is 45.4 Å². The molecule has 0 fully saturated rings. The lowest BCUT2D eigenvalue weighted by atomic mass is 10.2. The zero-order chi connectivity index (χ0) is 13.0. The van der Waals surface area contributed by atoms with Crippen molar-refractivity contribution >= 4 is 5.78 Å². The molecule has 2 heterocycles. The Morgan fingerprint density at radius 2 is 2.16 bits per heavy atom. The molecule has 0 saturated heterocycles. The number of aromatic nitrogens is 3. The second-order valence-corrected chi connectivity index (χ2v) is 4.05. The van der Waals surface area contributed by atoms with Gasteiger partial charge in [-0.05, 0) is 6.42 Å². The maximum Gasteiger partial charge on any atom is 0.258 e. The topological polar surface area (TPSA) is 57.8 Å². The molecule has 0 bridgehead atoms. The minimum Gasteiger partial charge on any atom is -0.382 e. The molecule has 0 radical (unpaired) electrons. The average Bonchev–Trinajstić information content (AvgIpc) is 2.86. The van der Waals surface area contributed by atoms with Gasteiger partial charge in [0.25, 0.3) is 5.56 Å². The molecule has 19 heavy (non-hydrogen) atoms. The minimum atomic E-state index is -0.0704. The Morgan fingerprint density at radius 1 is 1.37 bits per heavy atom. The second-order valence-electron chi connectivity index (χ2n) is 4.05. The summed E-state index contributed by atoms with van der Waals surface area (Å²) in [6.07, 6.45) is 5.89. The number of methoxy groups -OCH3 is 2. The standard InChI is InChI=1S/C12H17N3O3.CH4/c1-17-9-10(18-2)3-6-14-7-4-11(16)15-8-5-13-12(14)15;/h4-5,7-8,10H,3,6,9H2,1-2H3;1H4. The Bertz CT molecular complexity index is 562. The molecule has 6 nitrogen and oxygen atoms in total. The molecule has 2 aromatic rings. The Balaban J connectivity index is 0.00000180. The van der Waals surface area contributed by atoms with Crippen LogP contribution in [0.4, 0.5) is 0 Å². The summed E-state index contributed by atoms with van der Waals surface area (Å²) in [7, 11) is 3.32. The highest BCUT2D eigenvalue weighted by Crippen LogP contribution is 2.04. The van der Waals surface area contributed by atoms with Gasteiger partial charge in [-0.2, -0.15) is 0 Å². The number of nitrogens with zero attached hydrogens (tertiary/aromatic N) is 3. The normalized spacial score (nSPS) is 12.3. The van der Waals surface area contributed by atoms with Gasteiger partial charge in [-0.3, -0.25) is 9.20 Å². The van der Waals surface area contributed by atoms with Crippen LogP contribution in [0, 0.1) is 0 Å². The molecule has 1 unspecified atom stereocenters. The Labute approximate surface area is 112 Å². The first-order valence-electron chi connectivity index (χ1n) is 5.80. The lowest BCUT2D eigenvalue weighted by Crippen LogP contribution is -2.21. The molecule has 0 spiro atoms. The number of rotatable bonds is 6. The zero-order valence-corrected chi connectivity index (χ0v) is 10.6. The smallest absolute Gasteiger partial charge is 0.258 e. The van der Waals surface area contributed by atoms with Crippen molar-refractivity contribution in [3.8, 4) is 0 Å². The molecular formula is C13H21N3O3. The number of hydrogen-bond donors (Lipinski definition) is 0. The summed E-state index contributed by atoms with van der Waals surface area (Å²) in [5.74, 6) is 0.648. The number of aryl methyl sites for hydroxylation is 1. The van der Waals surface area contributed by atoms with E-state index in [9.17, 15) is 4.79 Å². The number of ether oxygens (including phenoxy) is 2. The molecular weight excluding hydrogens is 246 g/mol. The maximum absolute atomic E-state index is 11.6.